The molecule has 5 rings (SSSR count). The predicted molar refractivity (Wildman–Crippen MR) is 157 cm³/mol. The molecule has 2 atom stereocenters. The van der Waals surface area contributed by atoms with Gasteiger partial charge in [0.15, 0.2) is 16.6 Å². The van der Waals surface area contributed by atoms with Crippen molar-refractivity contribution in [2.45, 2.75) is 52.7 Å². The molecule has 1 saturated heterocycles. The van der Waals surface area contributed by atoms with E-state index in [2.05, 4.69) is 4.98 Å². The number of hydrogen-bond acceptors (Lipinski definition) is 10. The number of methoxy groups -OCH3 is 1. The highest BCUT2D eigenvalue weighted by molar-refractivity contribution is 7.17. The second-order valence-corrected chi connectivity index (χ2v) is 11.0. The van der Waals surface area contributed by atoms with Crippen molar-refractivity contribution in [3.8, 4) is 17.2 Å². The van der Waals surface area contributed by atoms with Crippen molar-refractivity contribution in [1.82, 2.24) is 4.98 Å². The average molecular weight is 593 g/mol. The van der Waals surface area contributed by atoms with Crippen LogP contribution in [0.15, 0.2) is 42.0 Å². The van der Waals surface area contributed by atoms with Gasteiger partial charge in [0.25, 0.3) is 5.78 Å². The molecule has 2 aromatic carbocycles. The van der Waals surface area contributed by atoms with Crippen LogP contribution in [0, 0.1) is 6.92 Å². The Kier molecular flexibility index (Phi) is 8.22. The second kappa shape index (κ2) is 11.8. The van der Waals surface area contributed by atoms with Crippen molar-refractivity contribution < 1.29 is 38.4 Å². The minimum Gasteiger partial charge on any atom is -0.507 e. The summed E-state index contributed by atoms with van der Waals surface area (Å²) in [4.78, 5) is 45.6. The second-order valence-electron chi connectivity index (χ2n) is 10.0. The number of aromatic nitrogens is 1. The van der Waals surface area contributed by atoms with Gasteiger partial charge in [0.2, 0.25) is 0 Å². The molecule has 10 nitrogen and oxygen atoms in total. The summed E-state index contributed by atoms with van der Waals surface area (Å²) in [7, 11) is 1.26. The highest BCUT2D eigenvalue weighted by Crippen LogP contribution is 2.46. The summed E-state index contributed by atoms with van der Waals surface area (Å²) >= 11 is 0.939. The average Bonchev–Trinajstić information content (AvgIpc) is 3.63. The number of hydrogen-bond donors (Lipinski definition) is 1. The Hall–Kier alpha value is -4.38. The number of ether oxygens (including phenoxy) is 4. The molecule has 1 N–H and O–H groups in total. The smallest absolute Gasteiger partial charge is 0.350 e. The fourth-order valence-corrected chi connectivity index (χ4v) is 6.14. The Balaban J connectivity index is 1.69. The number of Topliss-reactive ketones (excluding diaryl/α,β-unsaturated/α-hetero) is 1. The van der Waals surface area contributed by atoms with Crippen molar-refractivity contribution in [3.05, 3.63) is 69.2 Å². The summed E-state index contributed by atoms with van der Waals surface area (Å²) in [5.41, 5.74) is 2.02. The molecule has 0 saturated carbocycles. The molecule has 11 heteroatoms. The standard InChI is InChI=1S/C31H32N2O8S/c1-6-12-40-22-11-8-18(15-23(22)39-7-2)25-24(26(34)19-9-10-21-20(14-19)13-16(3)41-21)27(35)29(36)33(25)31-32-17(4)28(42-31)30(37)38-5/h8-11,14-16,25,34H,6-7,12-13H2,1-5H3/b26-24+. The van der Waals surface area contributed by atoms with Crippen LogP contribution in [0.3, 0.4) is 0 Å². The molecule has 1 fully saturated rings. The van der Waals surface area contributed by atoms with E-state index in [9.17, 15) is 19.5 Å². The lowest BCUT2D eigenvalue weighted by Gasteiger charge is -2.24. The van der Waals surface area contributed by atoms with Crippen LogP contribution in [0.4, 0.5) is 5.13 Å². The van der Waals surface area contributed by atoms with E-state index in [0.717, 1.165) is 23.3 Å². The first-order chi connectivity index (χ1) is 20.2. The number of carbonyl (C=O) groups is 3. The van der Waals surface area contributed by atoms with E-state index in [1.807, 2.05) is 20.8 Å². The molecule has 3 heterocycles. The fourth-order valence-electron chi connectivity index (χ4n) is 5.13. The maximum atomic E-state index is 13.7. The monoisotopic (exact) mass is 592 g/mol. The highest BCUT2D eigenvalue weighted by Gasteiger charge is 2.48. The van der Waals surface area contributed by atoms with E-state index in [0.29, 0.717) is 53.7 Å². The minimum absolute atomic E-state index is 0.00875. The molecule has 0 radical (unpaired) electrons. The number of aliphatic hydroxyl groups excluding tert-OH is 1. The molecular weight excluding hydrogens is 560 g/mol. The largest absolute Gasteiger partial charge is 0.507 e. The van der Waals surface area contributed by atoms with Crippen LogP contribution in [-0.2, 0) is 20.7 Å². The summed E-state index contributed by atoms with van der Waals surface area (Å²) < 4.78 is 22.4. The first-order valence-electron chi connectivity index (χ1n) is 13.7. The molecular formula is C31H32N2O8S. The van der Waals surface area contributed by atoms with Gasteiger partial charge in [-0.1, -0.05) is 24.3 Å². The molecule has 0 bridgehead atoms. The first-order valence-corrected chi connectivity index (χ1v) is 14.6. The normalized spacial score (nSPS) is 19.0. The van der Waals surface area contributed by atoms with Crippen LogP contribution in [0.1, 0.15) is 65.3 Å². The van der Waals surface area contributed by atoms with Crippen molar-refractivity contribution in [1.29, 1.82) is 0 Å². The third kappa shape index (κ3) is 5.20. The lowest BCUT2D eigenvalue weighted by molar-refractivity contribution is -0.132. The number of ketones is 1. The highest BCUT2D eigenvalue weighted by atomic mass is 32.1. The Morgan fingerprint density at radius 2 is 1.93 bits per heavy atom. The molecule has 2 aliphatic rings. The Morgan fingerprint density at radius 1 is 1.14 bits per heavy atom. The van der Waals surface area contributed by atoms with Gasteiger partial charge < -0.3 is 24.1 Å². The van der Waals surface area contributed by atoms with E-state index >= 15 is 0 Å². The predicted octanol–water partition coefficient (Wildman–Crippen LogP) is 5.38. The zero-order valence-corrected chi connectivity index (χ0v) is 24.9. The van der Waals surface area contributed by atoms with Gasteiger partial charge in [0.1, 0.15) is 22.5 Å². The lowest BCUT2D eigenvalue weighted by Crippen LogP contribution is -2.29. The number of rotatable bonds is 9. The van der Waals surface area contributed by atoms with Crippen molar-refractivity contribution in [2.24, 2.45) is 0 Å². The lowest BCUT2D eigenvalue weighted by atomic mass is 9.94. The summed E-state index contributed by atoms with van der Waals surface area (Å²) in [6.45, 7) is 8.25. The third-order valence-electron chi connectivity index (χ3n) is 7.02. The number of fused-ring (bicyclic) bond motifs is 1. The van der Waals surface area contributed by atoms with Gasteiger partial charge in [-0.05, 0) is 68.7 Å². The van der Waals surface area contributed by atoms with Crippen molar-refractivity contribution >= 4 is 39.9 Å². The number of nitrogens with zero attached hydrogens (tertiary/aromatic N) is 2. The topological polar surface area (TPSA) is 124 Å². The van der Waals surface area contributed by atoms with Crippen LogP contribution in [-0.4, -0.2) is 54.2 Å². The molecule has 42 heavy (non-hydrogen) atoms. The van der Waals surface area contributed by atoms with Crippen LogP contribution < -0.4 is 19.1 Å². The number of carbonyl (C=O) groups excluding carboxylic acids is 3. The maximum absolute atomic E-state index is 13.7. The molecule has 1 aromatic heterocycles. The summed E-state index contributed by atoms with van der Waals surface area (Å²) in [5.74, 6) is -1.01. The Morgan fingerprint density at radius 3 is 2.64 bits per heavy atom. The van der Waals surface area contributed by atoms with Crippen molar-refractivity contribution in [3.63, 3.8) is 0 Å². The number of benzene rings is 2. The van der Waals surface area contributed by atoms with Gasteiger partial charge in [-0.25, -0.2) is 9.78 Å². The number of anilines is 1. The van der Waals surface area contributed by atoms with E-state index in [-0.39, 0.29) is 27.4 Å². The summed E-state index contributed by atoms with van der Waals surface area (Å²) in [6.07, 6.45) is 1.44. The first kappa shape index (κ1) is 29.1. The van der Waals surface area contributed by atoms with Gasteiger partial charge in [-0.3, -0.25) is 14.5 Å². The zero-order chi connectivity index (χ0) is 30.1. The zero-order valence-electron chi connectivity index (χ0n) is 24.1. The number of aliphatic hydroxyl groups is 1. The Bertz CT molecular complexity index is 1590. The number of aryl methyl sites for hydroxylation is 1. The molecule has 2 aliphatic heterocycles. The summed E-state index contributed by atoms with van der Waals surface area (Å²) in [5, 5.41) is 11.7. The summed E-state index contributed by atoms with van der Waals surface area (Å²) in [6, 6.07) is 9.26. The quantitative estimate of drug-likeness (QED) is 0.151. The molecule has 220 valence electrons. The van der Waals surface area contributed by atoms with E-state index < -0.39 is 23.7 Å². The Labute approximate surface area is 247 Å². The molecule has 0 spiro atoms. The van der Waals surface area contributed by atoms with Crippen LogP contribution in [0.5, 0.6) is 17.2 Å². The van der Waals surface area contributed by atoms with Gasteiger partial charge in [0.05, 0.1) is 37.6 Å². The minimum atomic E-state index is -1.07. The van der Waals surface area contributed by atoms with E-state index in [1.54, 1.807) is 43.3 Å². The number of amides is 1. The van der Waals surface area contributed by atoms with Gasteiger partial charge in [-0.15, -0.1) is 0 Å². The molecule has 2 unspecified atom stereocenters. The molecule has 0 aliphatic carbocycles. The van der Waals surface area contributed by atoms with E-state index in [4.69, 9.17) is 18.9 Å². The molecule has 3 aromatic rings. The molecule has 1 amide bonds. The SMILES string of the molecule is CCCOc1ccc(C2/C(=C(\O)c3ccc4c(c3)CC(C)O4)C(=O)C(=O)N2c2nc(C)c(C(=O)OC)s2)cc1OCC. The number of thiazole rings is 1. The van der Waals surface area contributed by atoms with Crippen LogP contribution in [0.2, 0.25) is 0 Å². The van der Waals surface area contributed by atoms with Crippen LogP contribution in [0.25, 0.3) is 5.76 Å². The maximum Gasteiger partial charge on any atom is 0.350 e. The van der Waals surface area contributed by atoms with Gasteiger partial charge in [0, 0.05) is 12.0 Å². The van der Waals surface area contributed by atoms with E-state index in [1.165, 1.54) is 12.0 Å². The fraction of sp³-hybridized carbons (Fsp3) is 0.355. The van der Waals surface area contributed by atoms with Gasteiger partial charge >= 0.3 is 11.9 Å². The number of esters is 1. The van der Waals surface area contributed by atoms with Crippen LogP contribution >= 0.6 is 11.3 Å². The third-order valence-corrected chi connectivity index (χ3v) is 8.16. The van der Waals surface area contributed by atoms with Gasteiger partial charge in [-0.2, -0.15) is 0 Å². The van der Waals surface area contributed by atoms with Crippen molar-refractivity contribution in [2.75, 3.05) is 25.2 Å².